The molecule has 0 aliphatic carbocycles. The summed E-state index contributed by atoms with van der Waals surface area (Å²) >= 11 is 0. The van der Waals surface area contributed by atoms with Crippen molar-refractivity contribution in [2.24, 2.45) is 0 Å². The highest BCUT2D eigenvalue weighted by atomic mass is 16.5. The summed E-state index contributed by atoms with van der Waals surface area (Å²) in [5.74, 6) is 1.58. The molecule has 0 radical (unpaired) electrons. The van der Waals surface area contributed by atoms with E-state index in [9.17, 15) is 0 Å². The number of hydrogen-bond acceptors (Lipinski definition) is 4. The van der Waals surface area contributed by atoms with Gasteiger partial charge in [0.15, 0.2) is 0 Å². The Bertz CT molecular complexity index is 715. The number of anilines is 1. The van der Waals surface area contributed by atoms with Crippen LogP contribution in [0, 0.1) is 0 Å². The number of nitrogens with zero attached hydrogens (tertiary/aromatic N) is 3. The van der Waals surface area contributed by atoms with Gasteiger partial charge in [-0.1, -0.05) is 0 Å². The fraction of sp³-hybridized carbons (Fsp3) is 0.200. The van der Waals surface area contributed by atoms with Crippen molar-refractivity contribution in [3.8, 4) is 17.1 Å². The lowest BCUT2D eigenvalue weighted by Gasteiger charge is -2.15. The van der Waals surface area contributed by atoms with Crippen molar-refractivity contribution in [3.05, 3.63) is 36.7 Å². The number of aromatic amines is 1. The van der Waals surface area contributed by atoms with Gasteiger partial charge in [-0.2, -0.15) is 0 Å². The third-order valence-electron chi connectivity index (χ3n) is 3.24. The van der Waals surface area contributed by atoms with Crippen molar-refractivity contribution in [2.75, 3.05) is 26.1 Å². The first-order chi connectivity index (χ1) is 9.69. The first-order valence-electron chi connectivity index (χ1n) is 6.34. The minimum absolute atomic E-state index is 0.787. The minimum Gasteiger partial charge on any atom is -0.496 e. The number of fused-ring (bicyclic) bond motifs is 1. The molecular formula is C15H16N4O. The highest BCUT2D eigenvalue weighted by molar-refractivity contribution is 5.80. The number of hydrogen-bond donors (Lipinski definition) is 1. The predicted octanol–water partition coefficient (Wildman–Crippen LogP) is 2.70. The number of benzene rings is 1. The summed E-state index contributed by atoms with van der Waals surface area (Å²) in [5.41, 5.74) is 3.84. The third-order valence-corrected chi connectivity index (χ3v) is 3.24. The van der Waals surface area contributed by atoms with E-state index in [1.807, 2.05) is 43.3 Å². The van der Waals surface area contributed by atoms with Gasteiger partial charge in [-0.25, -0.2) is 4.98 Å². The van der Waals surface area contributed by atoms with Crippen LogP contribution < -0.4 is 9.64 Å². The largest absolute Gasteiger partial charge is 0.496 e. The molecule has 0 aliphatic heterocycles. The quantitative estimate of drug-likeness (QED) is 0.793. The van der Waals surface area contributed by atoms with Gasteiger partial charge < -0.3 is 14.6 Å². The molecule has 0 fully saturated rings. The van der Waals surface area contributed by atoms with Crippen molar-refractivity contribution in [1.82, 2.24) is 15.0 Å². The van der Waals surface area contributed by atoms with Crippen LogP contribution in [-0.2, 0) is 0 Å². The highest BCUT2D eigenvalue weighted by Gasteiger charge is 2.12. The lowest BCUT2D eigenvalue weighted by molar-refractivity contribution is 0.416. The van der Waals surface area contributed by atoms with Crippen LogP contribution >= 0.6 is 0 Å². The fourth-order valence-electron chi connectivity index (χ4n) is 2.14. The van der Waals surface area contributed by atoms with Crippen LogP contribution in [0.4, 0.5) is 5.69 Å². The molecule has 3 aromatic rings. The second-order valence-corrected chi connectivity index (χ2v) is 4.76. The van der Waals surface area contributed by atoms with Crippen molar-refractivity contribution in [1.29, 1.82) is 0 Å². The van der Waals surface area contributed by atoms with Crippen molar-refractivity contribution >= 4 is 16.7 Å². The molecule has 5 nitrogen and oxygen atoms in total. The van der Waals surface area contributed by atoms with Crippen molar-refractivity contribution < 1.29 is 4.74 Å². The van der Waals surface area contributed by atoms with Gasteiger partial charge in [-0.3, -0.25) is 4.98 Å². The zero-order valence-corrected chi connectivity index (χ0v) is 11.7. The van der Waals surface area contributed by atoms with Gasteiger partial charge in [0.1, 0.15) is 17.1 Å². The molecule has 2 aromatic heterocycles. The van der Waals surface area contributed by atoms with Gasteiger partial charge in [-0.05, 0) is 18.2 Å². The molecule has 2 heterocycles. The summed E-state index contributed by atoms with van der Waals surface area (Å²) in [6.45, 7) is 0. The second-order valence-electron chi connectivity index (χ2n) is 4.76. The Kier molecular flexibility index (Phi) is 3.02. The second kappa shape index (κ2) is 4.85. The van der Waals surface area contributed by atoms with E-state index in [0.717, 1.165) is 33.9 Å². The first kappa shape index (κ1) is 12.5. The summed E-state index contributed by atoms with van der Waals surface area (Å²) in [6, 6.07) is 7.97. The molecule has 1 aromatic carbocycles. The Balaban J connectivity index is 2.13. The maximum Gasteiger partial charge on any atom is 0.142 e. The number of H-pyrrole nitrogens is 1. The Morgan fingerprint density at radius 3 is 2.75 bits per heavy atom. The van der Waals surface area contributed by atoms with E-state index in [1.165, 1.54) is 0 Å². The standard InChI is InChI=1S/C15H16N4O/c1-19(2)10-4-5-11(14(8-10)20-3)15-17-12-6-7-16-9-13(12)18-15/h4-9H,1-3H3,(H,17,18). The first-order valence-corrected chi connectivity index (χ1v) is 6.34. The number of nitrogens with one attached hydrogen (secondary N) is 1. The van der Waals surface area contributed by atoms with E-state index >= 15 is 0 Å². The molecule has 5 heteroatoms. The summed E-state index contributed by atoms with van der Waals surface area (Å²) in [5, 5.41) is 0. The molecule has 0 unspecified atom stereocenters. The molecule has 1 N–H and O–H groups in total. The van der Waals surface area contributed by atoms with Crippen LogP contribution in [0.25, 0.3) is 22.4 Å². The number of aromatic nitrogens is 3. The summed E-state index contributed by atoms with van der Waals surface area (Å²) in [7, 11) is 5.67. The molecule has 0 aliphatic rings. The van der Waals surface area contributed by atoms with Gasteiger partial charge in [-0.15, -0.1) is 0 Å². The normalized spacial score (nSPS) is 10.8. The Labute approximate surface area is 117 Å². The average molecular weight is 268 g/mol. The lowest BCUT2D eigenvalue weighted by atomic mass is 10.1. The maximum atomic E-state index is 5.48. The van der Waals surface area contributed by atoms with Crippen LogP contribution in [-0.4, -0.2) is 36.2 Å². The van der Waals surface area contributed by atoms with E-state index in [1.54, 1.807) is 19.5 Å². The molecule has 3 rings (SSSR count). The summed E-state index contributed by atoms with van der Waals surface area (Å²) < 4.78 is 5.48. The average Bonchev–Trinajstić information content (AvgIpc) is 2.90. The van der Waals surface area contributed by atoms with E-state index in [4.69, 9.17) is 4.74 Å². The number of imidazole rings is 1. The zero-order valence-electron chi connectivity index (χ0n) is 11.7. The van der Waals surface area contributed by atoms with E-state index < -0.39 is 0 Å². The van der Waals surface area contributed by atoms with E-state index in [-0.39, 0.29) is 0 Å². The molecule has 0 saturated heterocycles. The van der Waals surface area contributed by atoms with Crippen LogP contribution in [0.5, 0.6) is 5.75 Å². The van der Waals surface area contributed by atoms with Crippen LogP contribution in [0.3, 0.4) is 0 Å². The van der Waals surface area contributed by atoms with E-state index in [0.29, 0.717) is 0 Å². The Morgan fingerprint density at radius 1 is 1.20 bits per heavy atom. The molecule has 0 bridgehead atoms. The number of rotatable bonds is 3. The molecule has 20 heavy (non-hydrogen) atoms. The predicted molar refractivity (Wildman–Crippen MR) is 80.2 cm³/mol. The van der Waals surface area contributed by atoms with Crippen LogP contribution in [0.15, 0.2) is 36.7 Å². The van der Waals surface area contributed by atoms with Crippen LogP contribution in [0.2, 0.25) is 0 Å². The van der Waals surface area contributed by atoms with Gasteiger partial charge in [0.05, 0.1) is 24.4 Å². The number of pyridine rings is 1. The van der Waals surface area contributed by atoms with Gasteiger partial charge in [0.25, 0.3) is 0 Å². The summed E-state index contributed by atoms with van der Waals surface area (Å²) in [6.07, 6.45) is 3.49. The van der Waals surface area contributed by atoms with Crippen molar-refractivity contribution in [3.63, 3.8) is 0 Å². The molecular weight excluding hydrogens is 252 g/mol. The summed E-state index contributed by atoms with van der Waals surface area (Å²) in [4.78, 5) is 14.0. The maximum absolute atomic E-state index is 5.48. The topological polar surface area (TPSA) is 54.0 Å². The zero-order chi connectivity index (χ0) is 14.1. The molecule has 0 spiro atoms. The molecule has 0 amide bonds. The minimum atomic E-state index is 0.787. The highest BCUT2D eigenvalue weighted by Crippen LogP contribution is 2.32. The lowest BCUT2D eigenvalue weighted by Crippen LogP contribution is -2.08. The number of methoxy groups -OCH3 is 1. The van der Waals surface area contributed by atoms with Gasteiger partial charge in [0.2, 0.25) is 0 Å². The smallest absolute Gasteiger partial charge is 0.142 e. The Morgan fingerprint density at radius 2 is 2.05 bits per heavy atom. The Hall–Kier alpha value is -2.56. The molecule has 0 atom stereocenters. The SMILES string of the molecule is COc1cc(N(C)C)ccc1-c1nc2cnccc2[nH]1. The van der Waals surface area contributed by atoms with Crippen LogP contribution in [0.1, 0.15) is 0 Å². The fourth-order valence-corrected chi connectivity index (χ4v) is 2.14. The van der Waals surface area contributed by atoms with Gasteiger partial charge >= 0.3 is 0 Å². The molecule has 102 valence electrons. The monoisotopic (exact) mass is 268 g/mol. The van der Waals surface area contributed by atoms with Gasteiger partial charge in [0, 0.05) is 32.0 Å². The molecule has 0 saturated carbocycles. The number of ether oxygens (including phenoxy) is 1. The van der Waals surface area contributed by atoms with Crippen molar-refractivity contribution in [2.45, 2.75) is 0 Å². The third kappa shape index (κ3) is 2.07. The van der Waals surface area contributed by atoms with E-state index in [2.05, 4.69) is 15.0 Å².